The predicted octanol–water partition coefficient (Wildman–Crippen LogP) is 2.21. The van der Waals surface area contributed by atoms with Gasteiger partial charge in [-0.3, -0.25) is 4.79 Å². The van der Waals surface area contributed by atoms with Crippen LogP contribution in [0.25, 0.3) is 10.9 Å². The number of fused-ring (bicyclic) bond motifs is 1. The van der Waals surface area contributed by atoms with Crippen LogP contribution >= 0.6 is 0 Å². The van der Waals surface area contributed by atoms with Gasteiger partial charge in [0, 0.05) is 17.1 Å². The van der Waals surface area contributed by atoms with E-state index in [2.05, 4.69) is 4.98 Å². The third kappa shape index (κ3) is 2.25. The Morgan fingerprint density at radius 1 is 1.35 bits per heavy atom. The average molecular weight is 242 g/mol. The number of benzene rings is 1. The van der Waals surface area contributed by atoms with E-state index >= 15 is 0 Å². The lowest BCUT2D eigenvalue weighted by Gasteiger charge is -2.06. The molecule has 1 amide bonds. The van der Waals surface area contributed by atoms with Gasteiger partial charge in [-0.05, 0) is 17.7 Å². The summed E-state index contributed by atoms with van der Waals surface area (Å²) < 4.78 is 37.3. The maximum atomic E-state index is 12.4. The van der Waals surface area contributed by atoms with Gasteiger partial charge >= 0.3 is 6.18 Å². The van der Waals surface area contributed by atoms with E-state index in [1.54, 1.807) is 0 Å². The second-order valence-electron chi connectivity index (χ2n) is 3.72. The molecule has 1 aromatic carbocycles. The van der Waals surface area contributed by atoms with Gasteiger partial charge in [-0.1, -0.05) is 6.07 Å². The minimum absolute atomic E-state index is 0.00532. The number of amides is 1. The summed E-state index contributed by atoms with van der Waals surface area (Å²) in [5.74, 6) is -0.522. The number of hydrogen-bond acceptors (Lipinski definition) is 1. The second kappa shape index (κ2) is 3.80. The molecule has 3 N–H and O–H groups in total. The third-order valence-corrected chi connectivity index (χ3v) is 2.46. The van der Waals surface area contributed by atoms with E-state index in [4.69, 9.17) is 5.73 Å². The zero-order chi connectivity index (χ0) is 12.6. The Morgan fingerprint density at radius 2 is 2.06 bits per heavy atom. The first-order chi connectivity index (χ1) is 7.88. The summed E-state index contributed by atoms with van der Waals surface area (Å²) in [5.41, 5.74) is 5.26. The van der Waals surface area contributed by atoms with Crippen LogP contribution in [0.1, 0.15) is 11.1 Å². The molecule has 0 aliphatic heterocycles. The molecular formula is C11H9F3N2O. The number of hydrogen-bond donors (Lipinski definition) is 2. The number of aromatic amines is 1. The molecule has 3 nitrogen and oxygen atoms in total. The van der Waals surface area contributed by atoms with Gasteiger partial charge in [0.2, 0.25) is 5.91 Å². The number of H-pyrrole nitrogens is 1. The molecule has 0 aliphatic rings. The van der Waals surface area contributed by atoms with Crippen LogP contribution < -0.4 is 5.73 Å². The molecule has 0 aliphatic carbocycles. The van der Waals surface area contributed by atoms with Crippen molar-refractivity contribution in [2.24, 2.45) is 5.73 Å². The third-order valence-electron chi connectivity index (χ3n) is 2.46. The van der Waals surface area contributed by atoms with Crippen molar-refractivity contribution >= 4 is 16.8 Å². The van der Waals surface area contributed by atoms with Crippen molar-refractivity contribution in [3.8, 4) is 0 Å². The fraction of sp³-hybridized carbons (Fsp3) is 0.182. The van der Waals surface area contributed by atoms with E-state index in [0.717, 1.165) is 12.1 Å². The average Bonchev–Trinajstić information content (AvgIpc) is 2.59. The fourth-order valence-corrected chi connectivity index (χ4v) is 1.70. The molecule has 0 unspecified atom stereocenters. The van der Waals surface area contributed by atoms with Crippen molar-refractivity contribution < 1.29 is 18.0 Å². The molecule has 0 spiro atoms. The van der Waals surface area contributed by atoms with E-state index in [1.807, 2.05) is 0 Å². The molecule has 0 fully saturated rings. The Kier molecular flexibility index (Phi) is 2.57. The number of primary amides is 1. The second-order valence-corrected chi connectivity index (χ2v) is 3.72. The molecule has 2 rings (SSSR count). The number of carbonyl (C=O) groups is 1. The number of alkyl halides is 3. The molecule has 6 heteroatoms. The van der Waals surface area contributed by atoms with E-state index in [1.165, 1.54) is 12.3 Å². The number of aromatic nitrogens is 1. The molecule has 0 bridgehead atoms. The summed E-state index contributed by atoms with van der Waals surface area (Å²) in [5, 5.41) is 0.580. The zero-order valence-electron chi connectivity index (χ0n) is 8.64. The van der Waals surface area contributed by atoms with E-state index in [9.17, 15) is 18.0 Å². The molecule has 1 heterocycles. The lowest BCUT2D eigenvalue weighted by molar-refractivity contribution is -0.137. The Labute approximate surface area is 94.4 Å². The molecule has 90 valence electrons. The smallest absolute Gasteiger partial charge is 0.369 e. The van der Waals surface area contributed by atoms with Gasteiger partial charge in [0.15, 0.2) is 0 Å². The fourth-order valence-electron chi connectivity index (χ4n) is 1.70. The van der Waals surface area contributed by atoms with E-state index in [-0.39, 0.29) is 6.42 Å². The number of rotatable bonds is 2. The molecule has 0 atom stereocenters. The number of nitrogens with two attached hydrogens (primary N) is 1. The highest BCUT2D eigenvalue weighted by Gasteiger charge is 2.30. The van der Waals surface area contributed by atoms with Gasteiger partial charge in [0.25, 0.3) is 0 Å². The Bertz CT molecular complexity index is 572. The number of nitrogens with one attached hydrogen (secondary N) is 1. The lowest BCUT2D eigenvalue weighted by atomic mass is 10.1. The Balaban J connectivity index is 2.48. The van der Waals surface area contributed by atoms with Gasteiger partial charge in [0.1, 0.15) is 0 Å². The molecule has 2 aromatic rings. The highest BCUT2D eigenvalue weighted by molar-refractivity contribution is 5.88. The minimum atomic E-state index is -4.37. The zero-order valence-corrected chi connectivity index (χ0v) is 8.64. The summed E-state index contributed by atoms with van der Waals surface area (Å²) in [6.45, 7) is 0. The monoisotopic (exact) mass is 242 g/mol. The maximum absolute atomic E-state index is 12.4. The first kappa shape index (κ1) is 11.5. The molecule has 1 aromatic heterocycles. The predicted molar refractivity (Wildman–Crippen MR) is 56.2 cm³/mol. The standard InChI is InChI=1S/C11H9F3N2O/c12-11(13,14)7-1-2-8-6(3-10(15)17)5-16-9(8)4-7/h1-2,4-5,16H,3H2,(H2,15,17). The van der Waals surface area contributed by atoms with E-state index in [0.29, 0.717) is 16.5 Å². The van der Waals surface area contributed by atoms with Gasteiger partial charge < -0.3 is 10.7 Å². The normalized spacial score (nSPS) is 11.9. The number of carbonyl (C=O) groups excluding carboxylic acids is 1. The van der Waals surface area contributed by atoms with Gasteiger partial charge in [-0.2, -0.15) is 13.2 Å². The van der Waals surface area contributed by atoms with Crippen molar-refractivity contribution in [2.75, 3.05) is 0 Å². The minimum Gasteiger partial charge on any atom is -0.369 e. The molecule has 0 saturated carbocycles. The van der Waals surface area contributed by atoms with Crippen molar-refractivity contribution in [1.29, 1.82) is 0 Å². The van der Waals surface area contributed by atoms with E-state index < -0.39 is 17.6 Å². The van der Waals surface area contributed by atoms with Crippen LogP contribution in [-0.4, -0.2) is 10.9 Å². The number of halogens is 3. The summed E-state index contributed by atoms with van der Waals surface area (Å²) in [6.07, 6.45) is -2.87. The first-order valence-electron chi connectivity index (χ1n) is 4.83. The Hall–Kier alpha value is -1.98. The van der Waals surface area contributed by atoms with Crippen molar-refractivity contribution in [3.63, 3.8) is 0 Å². The van der Waals surface area contributed by atoms with Crippen LogP contribution in [0.2, 0.25) is 0 Å². The van der Waals surface area contributed by atoms with Crippen molar-refractivity contribution in [2.45, 2.75) is 12.6 Å². The summed E-state index contributed by atoms with van der Waals surface area (Å²) in [7, 11) is 0. The van der Waals surface area contributed by atoms with Crippen molar-refractivity contribution in [1.82, 2.24) is 4.98 Å². The molecule has 0 radical (unpaired) electrons. The van der Waals surface area contributed by atoms with Crippen LogP contribution in [0.3, 0.4) is 0 Å². The lowest BCUT2D eigenvalue weighted by Crippen LogP contribution is -2.13. The molecule has 17 heavy (non-hydrogen) atoms. The largest absolute Gasteiger partial charge is 0.416 e. The van der Waals surface area contributed by atoms with Crippen LogP contribution in [0.15, 0.2) is 24.4 Å². The SMILES string of the molecule is NC(=O)Cc1c[nH]c2cc(C(F)(F)F)ccc12. The Morgan fingerprint density at radius 3 is 2.65 bits per heavy atom. The van der Waals surface area contributed by atoms with Crippen LogP contribution in [0.5, 0.6) is 0 Å². The van der Waals surface area contributed by atoms with Gasteiger partial charge in [-0.25, -0.2) is 0 Å². The topological polar surface area (TPSA) is 58.9 Å². The van der Waals surface area contributed by atoms with Crippen molar-refractivity contribution in [3.05, 3.63) is 35.5 Å². The molecular weight excluding hydrogens is 233 g/mol. The van der Waals surface area contributed by atoms with Crippen LogP contribution in [0.4, 0.5) is 13.2 Å². The first-order valence-corrected chi connectivity index (χ1v) is 4.83. The highest BCUT2D eigenvalue weighted by Crippen LogP contribution is 2.31. The highest BCUT2D eigenvalue weighted by atomic mass is 19.4. The van der Waals surface area contributed by atoms with Gasteiger partial charge in [0.05, 0.1) is 12.0 Å². The summed E-state index contributed by atoms with van der Waals surface area (Å²) >= 11 is 0. The summed E-state index contributed by atoms with van der Waals surface area (Å²) in [4.78, 5) is 13.5. The molecule has 0 saturated heterocycles. The van der Waals surface area contributed by atoms with Crippen LogP contribution in [0, 0.1) is 0 Å². The van der Waals surface area contributed by atoms with Gasteiger partial charge in [-0.15, -0.1) is 0 Å². The maximum Gasteiger partial charge on any atom is 0.416 e. The quantitative estimate of drug-likeness (QED) is 0.833. The van der Waals surface area contributed by atoms with Crippen LogP contribution in [-0.2, 0) is 17.4 Å². The summed E-state index contributed by atoms with van der Waals surface area (Å²) in [6, 6.07) is 3.34.